The third kappa shape index (κ3) is 5.01. The standard InChI is InChI=1S/C19H24N8OS2/c1-2-29-19-24-16(26-9-3-4-10-26)14-12-23-27(17(14)25-19)11-8-20-15(28)13-30-18-21-6-5-7-22-18/h5-7,12H,2-4,8-11,13H2,1H3,(H,20,28). The Morgan fingerprint density at radius 3 is 2.70 bits per heavy atom. The highest BCUT2D eigenvalue weighted by molar-refractivity contribution is 7.99. The molecule has 4 heterocycles. The summed E-state index contributed by atoms with van der Waals surface area (Å²) in [5, 5.41) is 9.79. The van der Waals surface area contributed by atoms with Gasteiger partial charge < -0.3 is 10.2 Å². The van der Waals surface area contributed by atoms with E-state index in [1.54, 1.807) is 30.2 Å². The Bertz CT molecular complexity index is 991. The van der Waals surface area contributed by atoms with Crippen LogP contribution in [0, 0.1) is 0 Å². The quantitative estimate of drug-likeness (QED) is 0.393. The van der Waals surface area contributed by atoms with Crippen LogP contribution in [0.3, 0.4) is 0 Å². The molecule has 0 atom stereocenters. The normalized spacial score (nSPS) is 13.8. The van der Waals surface area contributed by atoms with Gasteiger partial charge in [-0.2, -0.15) is 5.10 Å². The first kappa shape index (κ1) is 20.9. The van der Waals surface area contributed by atoms with Crippen molar-refractivity contribution >= 4 is 46.3 Å². The number of fused-ring (bicyclic) bond motifs is 1. The van der Waals surface area contributed by atoms with Crippen molar-refractivity contribution in [2.45, 2.75) is 36.6 Å². The molecule has 3 aromatic rings. The van der Waals surface area contributed by atoms with Crippen LogP contribution in [-0.2, 0) is 11.3 Å². The van der Waals surface area contributed by atoms with Gasteiger partial charge in [-0.25, -0.2) is 24.6 Å². The summed E-state index contributed by atoms with van der Waals surface area (Å²) in [4.78, 5) is 32.2. The lowest BCUT2D eigenvalue weighted by Gasteiger charge is -2.17. The maximum atomic E-state index is 12.1. The lowest BCUT2D eigenvalue weighted by Crippen LogP contribution is -2.29. The van der Waals surface area contributed by atoms with E-state index in [1.165, 1.54) is 24.6 Å². The van der Waals surface area contributed by atoms with Gasteiger partial charge in [0.1, 0.15) is 5.82 Å². The Morgan fingerprint density at radius 1 is 1.13 bits per heavy atom. The number of nitrogens with one attached hydrogen (secondary N) is 1. The zero-order valence-corrected chi connectivity index (χ0v) is 18.5. The zero-order valence-electron chi connectivity index (χ0n) is 16.8. The molecule has 11 heteroatoms. The van der Waals surface area contributed by atoms with Crippen molar-refractivity contribution in [3.05, 3.63) is 24.7 Å². The minimum absolute atomic E-state index is 0.0569. The van der Waals surface area contributed by atoms with Gasteiger partial charge in [-0.3, -0.25) is 4.79 Å². The molecule has 9 nitrogen and oxygen atoms in total. The number of carbonyl (C=O) groups excluding carboxylic acids is 1. The highest BCUT2D eigenvalue weighted by atomic mass is 32.2. The summed E-state index contributed by atoms with van der Waals surface area (Å²) >= 11 is 2.95. The molecule has 0 spiro atoms. The summed E-state index contributed by atoms with van der Waals surface area (Å²) in [7, 11) is 0. The lowest BCUT2D eigenvalue weighted by atomic mass is 10.3. The van der Waals surface area contributed by atoms with Crippen molar-refractivity contribution in [1.82, 2.24) is 35.0 Å². The van der Waals surface area contributed by atoms with Crippen LogP contribution in [0.25, 0.3) is 11.0 Å². The second-order valence-corrected chi connectivity index (χ2v) is 8.91. The van der Waals surface area contributed by atoms with Gasteiger partial charge in [-0.15, -0.1) is 0 Å². The van der Waals surface area contributed by atoms with Gasteiger partial charge in [0.05, 0.1) is 23.9 Å². The number of rotatable bonds is 9. The van der Waals surface area contributed by atoms with Gasteiger partial charge in [-0.05, 0) is 24.7 Å². The number of carbonyl (C=O) groups is 1. The minimum Gasteiger partial charge on any atom is -0.356 e. The average molecular weight is 445 g/mol. The topological polar surface area (TPSA) is 102 Å². The Morgan fingerprint density at radius 2 is 1.93 bits per heavy atom. The van der Waals surface area contributed by atoms with Crippen LogP contribution in [0.15, 0.2) is 35.0 Å². The van der Waals surface area contributed by atoms with Gasteiger partial charge in [0.15, 0.2) is 16.0 Å². The summed E-state index contributed by atoms with van der Waals surface area (Å²) in [6, 6.07) is 1.75. The summed E-state index contributed by atoms with van der Waals surface area (Å²) in [5.74, 6) is 2.11. The van der Waals surface area contributed by atoms with Gasteiger partial charge in [0.25, 0.3) is 0 Å². The highest BCUT2D eigenvalue weighted by Gasteiger charge is 2.20. The van der Waals surface area contributed by atoms with Crippen molar-refractivity contribution in [3.63, 3.8) is 0 Å². The van der Waals surface area contributed by atoms with Crippen LogP contribution < -0.4 is 10.2 Å². The fourth-order valence-electron chi connectivity index (χ4n) is 3.29. The third-order valence-corrected chi connectivity index (χ3v) is 6.26. The van der Waals surface area contributed by atoms with Gasteiger partial charge in [-0.1, -0.05) is 30.4 Å². The van der Waals surface area contributed by atoms with Crippen LogP contribution in [-0.4, -0.2) is 66.8 Å². The van der Waals surface area contributed by atoms with Crippen LogP contribution in [0.4, 0.5) is 5.82 Å². The summed E-state index contributed by atoms with van der Waals surface area (Å²) in [6.45, 7) is 5.16. The van der Waals surface area contributed by atoms with Crippen LogP contribution in [0.5, 0.6) is 0 Å². The molecule has 0 unspecified atom stereocenters. The average Bonchev–Trinajstić information content (AvgIpc) is 3.43. The molecule has 1 aliphatic heterocycles. The summed E-state index contributed by atoms with van der Waals surface area (Å²) in [6.07, 6.45) is 7.55. The molecule has 0 aliphatic carbocycles. The van der Waals surface area contributed by atoms with Crippen molar-refractivity contribution in [1.29, 1.82) is 0 Å². The summed E-state index contributed by atoms with van der Waals surface area (Å²) < 4.78 is 1.85. The first-order valence-electron chi connectivity index (χ1n) is 10.0. The van der Waals surface area contributed by atoms with E-state index in [-0.39, 0.29) is 11.7 Å². The van der Waals surface area contributed by atoms with Crippen molar-refractivity contribution < 1.29 is 4.79 Å². The molecule has 0 bridgehead atoms. The van der Waals surface area contributed by atoms with Gasteiger partial charge in [0, 0.05) is 32.0 Å². The number of hydrogen-bond acceptors (Lipinski definition) is 9. The van der Waals surface area contributed by atoms with E-state index in [9.17, 15) is 4.79 Å². The van der Waals surface area contributed by atoms with E-state index in [2.05, 4.69) is 32.2 Å². The number of thioether (sulfide) groups is 2. The van der Waals surface area contributed by atoms with Crippen LogP contribution >= 0.6 is 23.5 Å². The van der Waals surface area contributed by atoms with Crippen LogP contribution in [0.2, 0.25) is 0 Å². The Kier molecular flexibility index (Phi) is 7.00. The first-order valence-corrected chi connectivity index (χ1v) is 12.0. The molecule has 1 aliphatic rings. The van der Waals surface area contributed by atoms with E-state index in [0.29, 0.717) is 18.2 Å². The molecule has 1 saturated heterocycles. The van der Waals surface area contributed by atoms with E-state index < -0.39 is 0 Å². The zero-order chi connectivity index (χ0) is 20.8. The predicted octanol–water partition coefficient (Wildman–Crippen LogP) is 2.24. The molecule has 4 rings (SSSR count). The summed E-state index contributed by atoms with van der Waals surface area (Å²) in [5.41, 5.74) is 0.823. The number of nitrogens with zero attached hydrogens (tertiary/aromatic N) is 7. The maximum Gasteiger partial charge on any atom is 0.230 e. The predicted molar refractivity (Wildman–Crippen MR) is 119 cm³/mol. The smallest absolute Gasteiger partial charge is 0.230 e. The Balaban J connectivity index is 1.40. The molecule has 1 fully saturated rings. The molecule has 0 saturated carbocycles. The van der Waals surface area contributed by atoms with E-state index in [0.717, 1.165) is 40.9 Å². The van der Waals surface area contributed by atoms with Gasteiger partial charge >= 0.3 is 0 Å². The maximum absolute atomic E-state index is 12.1. The van der Waals surface area contributed by atoms with Crippen molar-refractivity contribution in [2.24, 2.45) is 0 Å². The molecule has 1 N–H and O–H groups in total. The van der Waals surface area contributed by atoms with Crippen molar-refractivity contribution in [3.8, 4) is 0 Å². The number of hydrogen-bond donors (Lipinski definition) is 1. The number of aromatic nitrogens is 6. The second-order valence-electron chi connectivity index (χ2n) is 6.73. The molecule has 1 amide bonds. The van der Waals surface area contributed by atoms with Crippen LogP contribution in [0.1, 0.15) is 19.8 Å². The highest BCUT2D eigenvalue weighted by Crippen LogP contribution is 2.29. The molecule has 158 valence electrons. The largest absolute Gasteiger partial charge is 0.356 e. The van der Waals surface area contributed by atoms with E-state index in [4.69, 9.17) is 9.97 Å². The molecule has 0 aromatic carbocycles. The molecule has 30 heavy (non-hydrogen) atoms. The fourth-order valence-corrected chi connectivity index (χ4v) is 4.48. The molecule has 0 radical (unpaired) electrons. The Labute approximate surface area is 183 Å². The SMILES string of the molecule is CCSc1nc(N2CCCC2)c2cnn(CCNC(=O)CSc3ncccn3)c2n1. The fraction of sp³-hybridized carbons (Fsp3) is 0.474. The molecular formula is C19H24N8OS2. The monoisotopic (exact) mass is 444 g/mol. The first-order chi connectivity index (χ1) is 14.7. The molecule has 3 aromatic heterocycles. The second kappa shape index (κ2) is 10.1. The molecular weight excluding hydrogens is 420 g/mol. The van der Waals surface area contributed by atoms with Gasteiger partial charge in [0.2, 0.25) is 5.91 Å². The Hall–Kier alpha value is -2.40. The van der Waals surface area contributed by atoms with E-state index >= 15 is 0 Å². The lowest BCUT2D eigenvalue weighted by molar-refractivity contribution is -0.118. The number of amides is 1. The third-order valence-electron chi connectivity index (χ3n) is 4.65. The van der Waals surface area contributed by atoms with E-state index in [1.807, 2.05) is 10.9 Å². The van der Waals surface area contributed by atoms with Crippen molar-refractivity contribution in [2.75, 3.05) is 36.0 Å². The minimum atomic E-state index is -0.0569. The number of anilines is 1.